The highest BCUT2D eigenvalue weighted by molar-refractivity contribution is 5.94. The van der Waals surface area contributed by atoms with E-state index < -0.39 is 11.8 Å². The van der Waals surface area contributed by atoms with Crippen LogP contribution in [-0.2, 0) is 4.79 Å². The fourth-order valence-electron chi connectivity index (χ4n) is 4.08. The van der Waals surface area contributed by atoms with Gasteiger partial charge in [-0.25, -0.2) is 4.39 Å². The summed E-state index contributed by atoms with van der Waals surface area (Å²) < 4.78 is 26.7. The molecule has 3 aromatic carbocycles. The molecule has 4 aromatic rings. The van der Waals surface area contributed by atoms with Crippen LogP contribution in [0.2, 0.25) is 0 Å². The summed E-state index contributed by atoms with van der Waals surface area (Å²) >= 11 is 0. The number of aliphatic carboxylic acids is 1. The van der Waals surface area contributed by atoms with Crippen molar-refractivity contribution in [3.05, 3.63) is 84.2 Å². The second-order valence-corrected chi connectivity index (χ2v) is 9.06. The van der Waals surface area contributed by atoms with Gasteiger partial charge in [0.15, 0.2) is 0 Å². The van der Waals surface area contributed by atoms with Gasteiger partial charge in [-0.05, 0) is 55.0 Å². The second kappa shape index (κ2) is 12.8. The van der Waals surface area contributed by atoms with Crippen molar-refractivity contribution in [1.29, 1.82) is 0 Å². The molecule has 0 aliphatic carbocycles. The van der Waals surface area contributed by atoms with Crippen molar-refractivity contribution < 1.29 is 28.2 Å². The second-order valence-electron chi connectivity index (χ2n) is 9.06. The minimum absolute atomic E-state index is 0.0247. The number of anilines is 1. The Morgan fingerprint density at radius 1 is 1.05 bits per heavy atom. The quantitative estimate of drug-likeness (QED) is 0.187. The summed E-state index contributed by atoms with van der Waals surface area (Å²) in [6.45, 7) is 2.52. The Labute approximate surface area is 220 Å². The van der Waals surface area contributed by atoms with Gasteiger partial charge in [-0.2, -0.15) is 0 Å². The van der Waals surface area contributed by atoms with Crippen LogP contribution in [0, 0.1) is 5.82 Å². The molecule has 1 amide bonds. The fraction of sp³-hybridized carbons (Fsp3) is 0.267. The molecule has 0 saturated carbocycles. The highest BCUT2D eigenvalue weighted by Gasteiger charge is 2.14. The number of benzene rings is 3. The Morgan fingerprint density at radius 3 is 2.55 bits per heavy atom. The maximum absolute atomic E-state index is 14.9. The van der Waals surface area contributed by atoms with Crippen molar-refractivity contribution in [2.45, 2.75) is 38.6 Å². The number of carbonyl (C=O) groups is 2. The Kier molecular flexibility index (Phi) is 8.98. The first kappa shape index (κ1) is 26.7. The van der Waals surface area contributed by atoms with Gasteiger partial charge in [-0.3, -0.25) is 9.59 Å². The highest BCUT2D eigenvalue weighted by atomic mass is 19.1. The first-order valence-corrected chi connectivity index (χ1v) is 12.7. The molecule has 8 heteroatoms. The van der Waals surface area contributed by atoms with Crippen molar-refractivity contribution in [2.24, 2.45) is 0 Å². The summed E-state index contributed by atoms with van der Waals surface area (Å²) in [6.07, 6.45) is 2.74. The van der Waals surface area contributed by atoms with Crippen LogP contribution in [0.4, 0.5) is 10.1 Å². The summed E-state index contributed by atoms with van der Waals surface area (Å²) in [6, 6.07) is 21.1. The lowest BCUT2D eigenvalue weighted by Gasteiger charge is -2.21. The summed E-state index contributed by atoms with van der Waals surface area (Å²) in [4.78, 5) is 22.8. The Hall–Kier alpha value is -4.33. The largest absolute Gasteiger partial charge is 0.491 e. The van der Waals surface area contributed by atoms with Crippen molar-refractivity contribution in [3.8, 4) is 17.1 Å². The minimum atomic E-state index is -0.963. The molecule has 198 valence electrons. The lowest BCUT2D eigenvalue weighted by molar-refractivity contribution is -0.136. The van der Waals surface area contributed by atoms with E-state index in [0.717, 1.165) is 30.3 Å². The zero-order valence-corrected chi connectivity index (χ0v) is 21.2. The number of amides is 1. The Morgan fingerprint density at radius 2 is 1.84 bits per heavy atom. The maximum atomic E-state index is 14.9. The number of nitrogens with one attached hydrogen (secondary N) is 2. The molecule has 1 heterocycles. The smallest absolute Gasteiger partial charge is 0.305 e. The third-order valence-corrected chi connectivity index (χ3v) is 6.13. The number of rotatable bonds is 13. The lowest BCUT2D eigenvalue weighted by Crippen LogP contribution is -2.27. The van der Waals surface area contributed by atoms with Crippen LogP contribution in [0.25, 0.3) is 22.3 Å². The van der Waals surface area contributed by atoms with E-state index in [1.165, 1.54) is 6.07 Å². The molecule has 0 aliphatic rings. The van der Waals surface area contributed by atoms with Crippen LogP contribution < -0.4 is 15.4 Å². The van der Waals surface area contributed by atoms with Crippen molar-refractivity contribution in [1.82, 2.24) is 5.32 Å². The zero-order chi connectivity index (χ0) is 26.9. The number of carboxylic acid groups (broad SMARTS) is 1. The van der Waals surface area contributed by atoms with Gasteiger partial charge in [0.2, 0.25) is 0 Å². The molecule has 0 bridgehead atoms. The number of furan rings is 1. The molecule has 4 rings (SSSR count). The number of fused-ring (bicyclic) bond motifs is 1. The van der Waals surface area contributed by atoms with E-state index >= 15 is 0 Å². The topological polar surface area (TPSA) is 101 Å². The van der Waals surface area contributed by atoms with Crippen LogP contribution in [0.15, 0.2) is 77.2 Å². The van der Waals surface area contributed by atoms with Gasteiger partial charge < -0.3 is 24.9 Å². The number of hydrogen-bond acceptors (Lipinski definition) is 5. The maximum Gasteiger partial charge on any atom is 0.305 e. The van der Waals surface area contributed by atoms with Gasteiger partial charge in [0.1, 0.15) is 29.5 Å². The Bertz CT molecular complexity index is 1350. The summed E-state index contributed by atoms with van der Waals surface area (Å²) in [5, 5.41) is 15.6. The lowest BCUT2D eigenvalue weighted by atomic mass is 10.1. The molecule has 38 heavy (non-hydrogen) atoms. The number of halogens is 1. The molecule has 1 unspecified atom stereocenters. The summed E-state index contributed by atoms with van der Waals surface area (Å²) in [5.41, 5.74) is 2.35. The predicted octanol–water partition coefficient (Wildman–Crippen LogP) is 6.49. The monoisotopic (exact) mass is 518 g/mol. The molecule has 3 N–H and O–H groups in total. The molecule has 7 nitrogen and oxygen atoms in total. The summed E-state index contributed by atoms with van der Waals surface area (Å²) in [7, 11) is 0. The third-order valence-electron chi connectivity index (χ3n) is 6.13. The molecular formula is C30H31FN2O5. The van der Waals surface area contributed by atoms with E-state index in [1.807, 2.05) is 30.3 Å². The Balaban J connectivity index is 1.36. The van der Waals surface area contributed by atoms with E-state index in [9.17, 15) is 14.0 Å². The predicted molar refractivity (Wildman–Crippen MR) is 145 cm³/mol. The van der Waals surface area contributed by atoms with Gasteiger partial charge in [0.25, 0.3) is 5.91 Å². The molecule has 1 aromatic heterocycles. The first-order chi connectivity index (χ1) is 18.4. The van der Waals surface area contributed by atoms with Crippen molar-refractivity contribution >= 4 is 28.5 Å². The third kappa shape index (κ3) is 7.12. The van der Waals surface area contributed by atoms with Gasteiger partial charge >= 0.3 is 5.97 Å². The summed E-state index contributed by atoms with van der Waals surface area (Å²) in [5.74, 6) is -0.806. The van der Waals surface area contributed by atoms with E-state index in [1.54, 1.807) is 36.4 Å². The van der Waals surface area contributed by atoms with Gasteiger partial charge in [0.05, 0.1) is 18.0 Å². The minimum Gasteiger partial charge on any atom is -0.491 e. The van der Waals surface area contributed by atoms with Gasteiger partial charge in [0, 0.05) is 29.2 Å². The molecule has 1 atom stereocenters. The molecule has 0 spiro atoms. The normalized spacial score (nSPS) is 11.7. The number of carboxylic acids is 1. The van der Waals surface area contributed by atoms with Crippen LogP contribution in [0.3, 0.4) is 0 Å². The van der Waals surface area contributed by atoms with Crippen LogP contribution >= 0.6 is 0 Å². The number of hydrogen-bond donors (Lipinski definition) is 3. The number of ether oxygens (including phenoxy) is 1. The number of para-hydroxylation sites is 1. The van der Waals surface area contributed by atoms with Crippen LogP contribution in [0.1, 0.15) is 43.0 Å². The van der Waals surface area contributed by atoms with E-state index in [4.69, 9.17) is 14.3 Å². The SMILES string of the molecule is CCCCC(COc1ccc(-c2cc3ccccc3o2)c(F)c1)Nc1ccc(C(=O)NCCC(=O)O)cc1. The molecule has 0 aliphatic heterocycles. The molecule has 0 saturated heterocycles. The van der Waals surface area contributed by atoms with E-state index in [0.29, 0.717) is 34.8 Å². The van der Waals surface area contributed by atoms with Crippen LogP contribution in [0.5, 0.6) is 5.75 Å². The van der Waals surface area contributed by atoms with Gasteiger partial charge in [-0.1, -0.05) is 38.0 Å². The molecule has 0 fully saturated rings. The van der Waals surface area contributed by atoms with E-state index in [2.05, 4.69) is 17.6 Å². The standard InChI is InChI=1S/C30H31FN2O5/c1-2-3-7-23(33-22-11-9-20(10-12-22)30(36)32-16-15-29(34)35)19-37-24-13-14-25(26(31)18-24)28-17-21-6-4-5-8-27(21)38-28/h4-6,8-14,17-18,23,33H,2-3,7,15-16,19H2,1H3,(H,32,36)(H,34,35). The average molecular weight is 519 g/mol. The van der Waals surface area contributed by atoms with E-state index in [-0.39, 0.29) is 24.9 Å². The molecule has 0 radical (unpaired) electrons. The number of unbranched alkanes of at least 4 members (excludes halogenated alkanes) is 1. The van der Waals surface area contributed by atoms with Gasteiger partial charge in [-0.15, -0.1) is 0 Å². The number of carbonyl (C=O) groups excluding carboxylic acids is 1. The first-order valence-electron chi connectivity index (χ1n) is 12.7. The molecular weight excluding hydrogens is 487 g/mol. The highest BCUT2D eigenvalue weighted by Crippen LogP contribution is 2.31. The average Bonchev–Trinajstić information content (AvgIpc) is 3.34. The fourth-order valence-corrected chi connectivity index (χ4v) is 4.08. The van der Waals surface area contributed by atoms with Crippen LogP contribution in [-0.4, -0.2) is 36.2 Å². The van der Waals surface area contributed by atoms with Crippen molar-refractivity contribution in [3.63, 3.8) is 0 Å². The zero-order valence-electron chi connectivity index (χ0n) is 21.2. The van der Waals surface area contributed by atoms with Crippen molar-refractivity contribution in [2.75, 3.05) is 18.5 Å².